The number of hydrogen-bond donors (Lipinski definition) is 2. The number of thiophene rings is 1. The third kappa shape index (κ3) is 5.36. The Labute approximate surface area is 192 Å². The summed E-state index contributed by atoms with van der Waals surface area (Å²) in [6.07, 6.45) is 1.01. The fraction of sp³-hybridized carbons (Fsp3) is 0.280. The van der Waals surface area contributed by atoms with Gasteiger partial charge in [-0.05, 0) is 79.6 Å². The van der Waals surface area contributed by atoms with Gasteiger partial charge >= 0.3 is 0 Å². The Morgan fingerprint density at radius 1 is 1.06 bits per heavy atom. The molecule has 1 aromatic heterocycles. The van der Waals surface area contributed by atoms with Gasteiger partial charge in [0.2, 0.25) is 0 Å². The number of amides is 1. The average molecular weight is 450 g/mol. The molecule has 0 radical (unpaired) electrons. The lowest BCUT2D eigenvalue weighted by Crippen LogP contribution is -2.35. The highest BCUT2D eigenvalue weighted by molar-refractivity contribution is 7.17. The van der Waals surface area contributed by atoms with Gasteiger partial charge in [0.1, 0.15) is 11.5 Å². The van der Waals surface area contributed by atoms with Crippen LogP contribution in [-0.2, 0) is 4.79 Å². The zero-order valence-corrected chi connectivity index (χ0v) is 19.1. The molecule has 0 aliphatic carbocycles. The zero-order chi connectivity index (χ0) is 22.5. The van der Waals surface area contributed by atoms with Crippen LogP contribution in [0.2, 0.25) is 0 Å². The molecule has 1 aliphatic rings. The Morgan fingerprint density at radius 3 is 2.50 bits per heavy atom. The van der Waals surface area contributed by atoms with Crippen LogP contribution in [0.25, 0.3) is 10.4 Å². The number of rotatable bonds is 8. The van der Waals surface area contributed by atoms with Crippen LogP contribution in [0.15, 0.2) is 60.7 Å². The van der Waals surface area contributed by atoms with Gasteiger partial charge in [-0.3, -0.25) is 9.59 Å². The minimum Gasteiger partial charge on any atom is -0.497 e. The van der Waals surface area contributed by atoms with Crippen molar-refractivity contribution in [3.63, 3.8) is 0 Å². The van der Waals surface area contributed by atoms with Crippen LogP contribution in [0.1, 0.15) is 23.0 Å². The van der Waals surface area contributed by atoms with Crippen LogP contribution in [0, 0.1) is 0 Å². The Bertz CT molecular complexity index is 1080. The Balaban J connectivity index is 1.34. The van der Waals surface area contributed by atoms with Gasteiger partial charge in [0, 0.05) is 35.4 Å². The van der Waals surface area contributed by atoms with Crippen molar-refractivity contribution in [2.75, 3.05) is 37.0 Å². The molecule has 0 bridgehead atoms. The second-order valence-corrected chi connectivity index (χ2v) is 8.99. The summed E-state index contributed by atoms with van der Waals surface area (Å²) in [7, 11) is 1.64. The molecule has 1 fully saturated rings. The van der Waals surface area contributed by atoms with E-state index in [-0.39, 0.29) is 11.7 Å². The fourth-order valence-corrected chi connectivity index (χ4v) is 4.67. The van der Waals surface area contributed by atoms with E-state index in [1.165, 1.54) is 11.3 Å². The number of hydrogen-bond acceptors (Lipinski definition) is 6. The summed E-state index contributed by atoms with van der Waals surface area (Å²) in [6, 6.07) is 19.9. The molecule has 2 N–H and O–H groups in total. The van der Waals surface area contributed by atoms with Gasteiger partial charge < -0.3 is 20.3 Å². The molecule has 7 heteroatoms. The topological polar surface area (TPSA) is 70.7 Å². The van der Waals surface area contributed by atoms with E-state index in [1.54, 1.807) is 14.0 Å². The summed E-state index contributed by atoms with van der Waals surface area (Å²) in [5, 5.41) is 6.29. The van der Waals surface area contributed by atoms with E-state index in [0.29, 0.717) is 17.5 Å². The summed E-state index contributed by atoms with van der Waals surface area (Å²) in [6.45, 7) is 3.85. The molecule has 3 aromatic rings. The first-order valence-electron chi connectivity index (χ1n) is 10.7. The van der Waals surface area contributed by atoms with Crippen molar-refractivity contribution >= 4 is 34.4 Å². The second kappa shape index (κ2) is 9.97. The van der Waals surface area contributed by atoms with E-state index < -0.39 is 0 Å². The molecular weight excluding hydrogens is 422 g/mol. The number of ketones is 1. The third-order valence-corrected chi connectivity index (χ3v) is 6.66. The maximum atomic E-state index is 12.7. The van der Waals surface area contributed by atoms with Crippen LogP contribution >= 0.6 is 11.3 Å². The van der Waals surface area contributed by atoms with E-state index in [9.17, 15) is 9.59 Å². The number of carbonyl (C=O) groups excluding carboxylic acids is 2. The van der Waals surface area contributed by atoms with Gasteiger partial charge in [-0.1, -0.05) is 0 Å². The summed E-state index contributed by atoms with van der Waals surface area (Å²) < 4.78 is 5.20. The number of nitrogens with one attached hydrogen (secondary N) is 2. The standard InChI is InChI=1S/C25H27N3O3S/c1-17(29)15-26-20-13-14-28(16-20)21-7-5-19(6-8-21)27-25(30)24-12-11-23(32-24)18-3-9-22(31-2)10-4-18/h3-12,20,26H,13-16H2,1-2H3,(H,27,30). The third-order valence-electron chi connectivity index (χ3n) is 5.52. The Morgan fingerprint density at radius 2 is 1.81 bits per heavy atom. The van der Waals surface area contributed by atoms with Gasteiger partial charge in [-0.2, -0.15) is 0 Å². The summed E-state index contributed by atoms with van der Waals surface area (Å²) in [4.78, 5) is 27.9. The first kappa shape index (κ1) is 22.0. The minimum absolute atomic E-state index is 0.114. The number of benzene rings is 2. The number of methoxy groups -OCH3 is 1. The molecule has 1 amide bonds. The molecule has 1 unspecified atom stereocenters. The van der Waals surface area contributed by atoms with Crippen molar-refractivity contribution in [3.05, 3.63) is 65.5 Å². The normalized spacial score (nSPS) is 15.6. The monoisotopic (exact) mass is 449 g/mol. The highest BCUT2D eigenvalue weighted by Gasteiger charge is 2.22. The van der Waals surface area contributed by atoms with Gasteiger partial charge in [0.05, 0.1) is 18.5 Å². The molecule has 6 nitrogen and oxygen atoms in total. The predicted octanol–water partition coefficient (Wildman–Crippen LogP) is 4.43. The van der Waals surface area contributed by atoms with Crippen LogP contribution in [0.5, 0.6) is 5.75 Å². The first-order valence-corrected chi connectivity index (χ1v) is 11.5. The minimum atomic E-state index is -0.114. The van der Waals surface area contributed by atoms with E-state index in [1.807, 2.05) is 60.7 Å². The molecular formula is C25H27N3O3S. The predicted molar refractivity (Wildman–Crippen MR) is 130 cm³/mol. The van der Waals surface area contributed by atoms with E-state index >= 15 is 0 Å². The summed E-state index contributed by atoms with van der Waals surface area (Å²) >= 11 is 1.47. The van der Waals surface area contributed by atoms with Crippen LogP contribution in [0.4, 0.5) is 11.4 Å². The summed E-state index contributed by atoms with van der Waals surface area (Å²) in [5.41, 5.74) is 2.94. The molecule has 166 valence electrons. The van der Waals surface area contributed by atoms with Gasteiger partial charge in [-0.25, -0.2) is 0 Å². The summed E-state index contributed by atoms with van der Waals surface area (Å²) in [5.74, 6) is 0.853. The molecule has 32 heavy (non-hydrogen) atoms. The van der Waals surface area contributed by atoms with E-state index in [2.05, 4.69) is 15.5 Å². The van der Waals surface area contributed by atoms with Crippen molar-refractivity contribution in [1.82, 2.24) is 5.32 Å². The average Bonchev–Trinajstić information content (AvgIpc) is 3.48. The zero-order valence-electron chi connectivity index (χ0n) is 18.3. The lowest BCUT2D eigenvalue weighted by molar-refractivity contribution is -0.116. The number of nitrogens with zero attached hydrogens (tertiary/aromatic N) is 1. The SMILES string of the molecule is COc1ccc(-c2ccc(C(=O)Nc3ccc(N4CCC(NCC(C)=O)C4)cc3)s2)cc1. The molecule has 2 heterocycles. The maximum absolute atomic E-state index is 12.7. The van der Waals surface area contributed by atoms with Gasteiger partial charge in [-0.15, -0.1) is 11.3 Å². The van der Waals surface area contributed by atoms with Crippen molar-refractivity contribution in [3.8, 4) is 16.2 Å². The van der Waals surface area contributed by atoms with Gasteiger partial charge in [0.25, 0.3) is 5.91 Å². The molecule has 4 rings (SSSR count). The molecule has 2 aromatic carbocycles. The molecule has 0 saturated carbocycles. The Kier molecular flexibility index (Phi) is 6.87. The van der Waals surface area contributed by atoms with Crippen LogP contribution < -0.4 is 20.3 Å². The molecule has 1 aliphatic heterocycles. The molecule has 0 spiro atoms. The van der Waals surface area contributed by atoms with Crippen molar-refractivity contribution in [2.45, 2.75) is 19.4 Å². The second-order valence-electron chi connectivity index (χ2n) is 7.91. The van der Waals surface area contributed by atoms with Crippen molar-refractivity contribution in [2.24, 2.45) is 0 Å². The van der Waals surface area contributed by atoms with E-state index in [0.717, 1.165) is 47.1 Å². The van der Waals surface area contributed by atoms with E-state index in [4.69, 9.17) is 4.74 Å². The first-order chi connectivity index (χ1) is 15.5. The smallest absolute Gasteiger partial charge is 0.265 e. The Hall–Kier alpha value is -3.16. The van der Waals surface area contributed by atoms with Crippen molar-refractivity contribution < 1.29 is 14.3 Å². The van der Waals surface area contributed by atoms with Crippen LogP contribution in [0.3, 0.4) is 0 Å². The number of anilines is 2. The number of Topliss-reactive ketones (excluding diaryl/α,β-unsaturated/α-hetero) is 1. The fourth-order valence-electron chi connectivity index (χ4n) is 3.77. The highest BCUT2D eigenvalue weighted by Crippen LogP contribution is 2.30. The largest absolute Gasteiger partial charge is 0.497 e. The maximum Gasteiger partial charge on any atom is 0.265 e. The van der Waals surface area contributed by atoms with Gasteiger partial charge in [0.15, 0.2) is 0 Å². The lowest BCUT2D eigenvalue weighted by atomic mass is 10.2. The van der Waals surface area contributed by atoms with Crippen molar-refractivity contribution in [1.29, 1.82) is 0 Å². The number of ether oxygens (including phenoxy) is 1. The number of carbonyl (C=O) groups is 2. The van der Waals surface area contributed by atoms with Crippen LogP contribution in [-0.4, -0.2) is 44.5 Å². The lowest BCUT2D eigenvalue weighted by Gasteiger charge is -2.19. The quantitative estimate of drug-likeness (QED) is 0.532. The molecule has 1 atom stereocenters. The highest BCUT2D eigenvalue weighted by atomic mass is 32.1. The molecule has 1 saturated heterocycles.